The number of methoxy groups -OCH3 is 1. The predicted molar refractivity (Wildman–Crippen MR) is 106 cm³/mol. The molecule has 4 rings (SSSR count). The van der Waals surface area contributed by atoms with Gasteiger partial charge in [-0.2, -0.15) is 11.3 Å². The number of hydrogen-bond acceptors (Lipinski definition) is 5. The van der Waals surface area contributed by atoms with E-state index in [9.17, 15) is 4.79 Å². The van der Waals surface area contributed by atoms with Crippen LogP contribution < -0.4 is 4.74 Å². The van der Waals surface area contributed by atoms with E-state index in [-0.39, 0.29) is 5.91 Å². The summed E-state index contributed by atoms with van der Waals surface area (Å²) in [6, 6.07) is 7.68. The lowest BCUT2D eigenvalue weighted by Gasteiger charge is -2.21. The minimum atomic E-state index is 0.0630. The highest BCUT2D eigenvalue weighted by Gasteiger charge is 2.24. The van der Waals surface area contributed by atoms with Gasteiger partial charge in [0.2, 0.25) is 0 Å². The molecule has 0 fully saturated rings. The third kappa shape index (κ3) is 3.45. The molecule has 27 heavy (non-hydrogen) atoms. The molecule has 0 saturated carbocycles. The van der Waals surface area contributed by atoms with Crippen molar-refractivity contribution in [2.24, 2.45) is 0 Å². The molecule has 0 bridgehead atoms. The molecule has 6 heteroatoms. The molecule has 0 aliphatic carbocycles. The number of aromatic nitrogens is 2. The van der Waals surface area contributed by atoms with E-state index in [2.05, 4.69) is 26.8 Å². The van der Waals surface area contributed by atoms with Crippen molar-refractivity contribution in [3.05, 3.63) is 63.7 Å². The zero-order valence-corrected chi connectivity index (χ0v) is 16.3. The average molecular weight is 379 g/mol. The Morgan fingerprint density at radius 3 is 2.78 bits per heavy atom. The molecule has 1 amide bonds. The molecule has 0 atom stereocenters. The summed E-state index contributed by atoms with van der Waals surface area (Å²) in [6.45, 7) is 3.28. The zero-order chi connectivity index (χ0) is 18.8. The van der Waals surface area contributed by atoms with Crippen LogP contribution in [0.4, 0.5) is 0 Å². The van der Waals surface area contributed by atoms with Crippen molar-refractivity contribution < 1.29 is 9.53 Å². The maximum atomic E-state index is 13.1. The highest BCUT2D eigenvalue weighted by atomic mass is 32.1. The molecule has 1 aromatic carbocycles. The second-order valence-electron chi connectivity index (χ2n) is 6.63. The summed E-state index contributed by atoms with van der Waals surface area (Å²) in [5, 5.41) is 4.17. The molecular formula is C21H21N3O2S. The molecular weight excluding hydrogens is 358 g/mol. The number of amides is 1. The standard InChI is InChI=1S/C21H21N3O2S/c1-14-11-16(26-2)3-4-17(14)21(25)24-8-5-18-19(6-9-24)22-13-23-20(18)15-7-10-27-12-15/h3-4,7,10-13H,5-6,8-9H2,1-2H3. The number of ether oxygens (including phenoxy) is 1. The second-order valence-corrected chi connectivity index (χ2v) is 7.41. The lowest BCUT2D eigenvalue weighted by atomic mass is 10.0. The minimum Gasteiger partial charge on any atom is -0.497 e. The Labute approximate surface area is 162 Å². The van der Waals surface area contributed by atoms with E-state index in [0.29, 0.717) is 13.1 Å². The van der Waals surface area contributed by atoms with Gasteiger partial charge in [0, 0.05) is 47.3 Å². The first-order chi connectivity index (χ1) is 13.2. The van der Waals surface area contributed by atoms with Crippen LogP contribution in [0.3, 0.4) is 0 Å². The molecule has 0 N–H and O–H groups in total. The molecule has 0 saturated heterocycles. The first-order valence-electron chi connectivity index (χ1n) is 8.96. The molecule has 0 spiro atoms. The number of fused-ring (bicyclic) bond motifs is 1. The molecule has 138 valence electrons. The fourth-order valence-electron chi connectivity index (χ4n) is 3.55. The van der Waals surface area contributed by atoms with E-state index < -0.39 is 0 Å². The van der Waals surface area contributed by atoms with Gasteiger partial charge in [0.05, 0.1) is 12.8 Å². The largest absolute Gasteiger partial charge is 0.497 e. The quantitative estimate of drug-likeness (QED) is 0.695. The van der Waals surface area contributed by atoms with E-state index in [1.54, 1.807) is 24.8 Å². The normalized spacial score (nSPS) is 13.8. The summed E-state index contributed by atoms with van der Waals surface area (Å²) in [4.78, 5) is 24.0. The van der Waals surface area contributed by atoms with Gasteiger partial charge in [-0.25, -0.2) is 9.97 Å². The van der Waals surface area contributed by atoms with Crippen LogP contribution in [0.2, 0.25) is 0 Å². The Balaban J connectivity index is 1.59. The van der Waals surface area contributed by atoms with Gasteiger partial charge in [0.1, 0.15) is 12.1 Å². The van der Waals surface area contributed by atoms with Crippen molar-refractivity contribution in [1.29, 1.82) is 0 Å². The van der Waals surface area contributed by atoms with Gasteiger partial charge in [0.25, 0.3) is 5.91 Å². The molecule has 0 radical (unpaired) electrons. The second kappa shape index (κ2) is 7.48. The fourth-order valence-corrected chi connectivity index (χ4v) is 4.19. The Kier molecular flexibility index (Phi) is 4.90. The SMILES string of the molecule is COc1ccc(C(=O)N2CCc3ncnc(-c4ccsc4)c3CC2)c(C)c1. The summed E-state index contributed by atoms with van der Waals surface area (Å²) >= 11 is 1.66. The summed E-state index contributed by atoms with van der Waals surface area (Å²) in [6.07, 6.45) is 3.15. The van der Waals surface area contributed by atoms with Crippen molar-refractivity contribution in [3.63, 3.8) is 0 Å². The monoisotopic (exact) mass is 379 g/mol. The predicted octanol–water partition coefficient (Wildman–Crippen LogP) is 3.76. The highest BCUT2D eigenvalue weighted by molar-refractivity contribution is 7.08. The van der Waals surface area contributed by atoms with Crippen LogP contribution in [0.5, 0.6) is 5.75 Å². The Morgan fingerprint density at radius 2 is 2.04 bits per heavy atom. The van der Waals surface area contributed by atoms with E-state index in [0.717, 1.165) is 52.2 Å². The summed E-state index contributed by atoms with van der Waals surface area (Å²) in [5.41, 5.74) is 6.00. The van der Waals surface area contributed by atoms with Gasteiger partial charge in [-0.1, -0.05) is 0 Å². The zero-order valence-electron chi connectivity index (χ0n) is 15.4. The third-order valence-corrected chi connectivity index (χ3v) is 5.71. The van der Waals surface area contributed by atoms with Crippen LogP contribution in [0.25, 0.3) is 11.3 Å². The Bertz CT molecular complexity index is 970. The summed E-state index contributed by atoms with van der Waals surface area (Å²) in [5.74, 6) is 0.830. The number of thiophene rings is 1. The van der Waals surface area contributed by atoms with Crippen LogP contribution in [0, 0.1) is 6.92 Å². The van der Waals surface area contributed by atoms with Gasteiger partial charge in [-0.15, -0.1) is 0 Å². The number of carbonyl (C=O) groups excluding carboxylic acids is 1. The van der Waals surface area contributed by atoms with Gasteiger partial charge in [0.15, 0.2) is 0 Å². The first kappa shape index (κ1) is 17.7. The van der Waals surface area contributed by atoms with Crippen molar-refractivity contribution in [1.82, 2.24) is 14.9 Å². The maximum Gasteiger partial charge on any atom is 0.254 e. The number of benzene rings is 1. The molecule has 1 aliphatic heterocycles. The number of hydrogen-bond donors (Lipinski definition) is 0. The smallest absolute Gasteiger partial charge is 0.254 e. The minimum absolute atomic E-state index is 0.0630. The number of rotatable bonds is 3. The van der Waals surface area contributed by atoms with E-state index >= 15 is 0 Å². The molecule has 2 aromatic heterocycles. The van der Waals surface area contributed by atoms with Crippen molar-refractivity contribution in [3.8, 4) is 17.0 Å². The molecule has 3 aromatic rings. The Hall–Kier alpha value is -2.73. The Morgan fingerprint density at radius 1 is 1.19 bits per heavy atom. The van der Waals surface area contributed by atoms with Crippen LogP contribution in [-0.2, 0) is 12.8 Å². The first-order valence-corrected chi connectivity index (χ1v) is 9.91. The van der Waals surface area contributed by atoms with Gasteiger partial charge >= 0.3 is 0 Å². The van der Waals surface area contributed by atoms with Crippen LogP contribution in [0.15, 0.2) is 41.4 Å². The molecule has 0 unspecified atom stereocenters. The molecule has 3 heterocycles. The van der Waals surface area contributed by atoms with E-state index in [1.807, 2.05) is 30.0 Å². The summed E-state index contributed by atoms with van der Waals surface area (Å²) < 4.78 is 5.25. The topological polar surface area (TPSA) is 55.3 Å². The summed E-state index contributed by atoms with van der Waals surface area (Å²) in [7, 11) is 1.63. The van der Waals surface area contributed by atoms with E-state index in [4.69, 9.17) is 4.74 Å². The maximum absolute atomic E-state index is 13.1. The van der Waals surface area contributed by atoms with Crippen molar-refractivity contribution >= 4 is 17.2 Å². The third-order valence-electron chi connectivity index (χ3n) is 5.03. The van der Waals surface area contributed by atoms with Gasteiger partial charge < -0.3 is 9.64 Å². The van der Waals surface area contributed by atoms with Gasteiger partial charge in [-0.3, -0.25) is 4.79 Å². The van der Waals surface area contributed by atoms with E-state index in [1.165, 1.54) is 0 Å². The van der Waals surface area contributed by atoms with Crippen molar-refractivity contribution in [2.45, 2.75) is 19.8 Å². The average Bonchev–Trinajstić information content (AvgIpc) is 3.13. The molecule has 5 nitrogen and oxygen atoms in total. The lowest BCUT2D eigenvalue weighted by molar-refractivity contribution is 0.0762. The fraction of sp³-hybridized carbons (Fsp3) is 0.286. The van der Waals surface area contributed by atoms with Crippen LogP contribution in [-0.4, -0.2) is 41.0 Å². The van der Waals surface area contributed by atoms with Crippen LogP contribution >= 0.6 is 11.3 Å². The molecule has 1 aliphatic rings. The van der Waals surface area contributed by atoms with Crippen LogP contribution in [0.1, 0.15) is 27.2 Å². The van der Waals surface area contributed by atoms with Crippen molar-refractivity contribution in [2.75, 3.05) is 20.2 Å². The van der Waals surface area contributed by atoms with Gasteiger partial charge in [-0.05, 0) is 48.6 Å². The highest BCUT2D eigenvalue weighted by Crippen LogP contribution is 2.28. The lowest BCUT2D eigenvalue weighted by Crippen LogP contribution is -2.33. The number of nitrogens with zero attached hydrogens (tertiary/aromatic N) is 3. The number of aryl methyl sites for hydroxylation is 1. The number of carbonyl (C=O) groups is 1.